The van der Waals surface area contributed by atoms with E-state index in [4.69, 9.17) is 9.15 Å². The molecule has 1 heterocycles. The molecular formula is C30H34N2O5S. The minimum absolute atomic E-state index is 0.147. The van der Waals surface area contributed by atoms with Crippen LogP contribution in [0.15, 0.2) is 82.1 Å². The molecule has 0 radical (unpaired) electrons. The zero-order valence-electron chi connectivity index (χ0n) is 22.3. The van der Waals surface area contributed by atoms with Crippen molar-refractivity contribution in [2.45, 2.75) is 32.1 Å². The van der Waals surface area contributed by atoms with Crippen molar-refractivity contribution in [3.63, 3.8) is 0 Å². The second-order valence-corrected chi connectivity index (χ2v) is 10.8. The van der Waals surface area contributed by atoms with Crippen LogP contribution in [0, 0.1) is 0 Å². The van der Waals surface area contributed by atoms with E-state index in [0.717, 1.165) is 18.5 Å². The summed E-state index contributed by atoms with van der Waals surface area (Å²) in [6.45, 7) is 8.54. The van der Waals surface area contributed by atoms with E-state index in [9.17, 15) is 13.2 Å². The van der Waals surface area contributed by atoms with Crippen LogP contribution < -0.4 is 9.04 Å². The van der Waals surface area contributed by atoms with E-state index in [1.165, 1.54) is 4.31 Å². The average molecular weight is 535 g/mol. The molecule has 4 rings (SSSR count). The quantitative estimate of drug-likeness (QED) is 0.215. The van der Waals surface area contributed by atoms with Crippen LogP contribution in [0.5, 0.6) is 5.75 Å². The fraction of sp³-hybridized carbons (Fsp3) is 0.300. The Bertz CT molecular complexity index is 1490. The number of hydrogen-bond acceptors (Lipinski definition) is 6. The molecule has 0 saturated carbocycles. The molecule has 0 aliphatic heterocycles. The van der Waals surface area contributed by atoms with Crippen LogP contribution in [-0.2, 0) is 16.4 Å². The van der Waals surface area contributed by atoms with Crippen molar-refractivity contribution in [2.24, 2.45) is 0 Å². The highest BCUT2D eigenvalue weighted by molar-refractivity contribution is 7.92. The van der Waals surface area contributed by atoms with E-state index >= 15 is 0 Å². The van der Waals surface area contributed by atoms with Crippen LogP contribution in [0.3, 0.4) is 0 Å². The van der Waals surface area contributed by atoms with Gasteiger partial charge in [0, 0.05) is 30.5 Å². The fourth-order valence-corrected chi connectivity index (χ4v) is 6.01. The van der Waals surface area contributed by atoms with Gasteiger partial charge in [-0.3, -0.25) is 9.10 Å². The van der Waals surface area contributed by atoms with E-state index in [0.29, 0.717) is 46.9 Å². The molecule has 0 amide bonds. The van der Waals surface area contributed by atoms with E-state index < -0.39 is 10.0 Å². The van der Waals surface area contributed by atoms with Gasteiger partial charge >= 0.3 is 0 Å². The zero-order valence-corrected chi connectivity index (χ0v) is 23.1. The lowest BCUT2D eigenvalue weighted by Crippen LogP contribution is -2.38. The minimum atomic E-state index is -3.86. The van der Waals surface area contributed by atoms with Crippen molar-refractivity contribution in [1.29, 1.82) is 0 Å². The van der Waals surface area contributed by atoms with Crippen LogP contribution in [0.2, 0.25) is 0 Å². The number of nitrogens with zero attached hydrogens (tertiary/aromatic N) is 2. The summed E-state index contributed by atoms with van der Waals surface area (Å²) in [6, 6.07) is 20.6. The summed E-state index contributed by atoms with van der Waals surface area (Å²) in [5, 5.41) is 0.779. The van der Waals surface area contributed by atoms with Crippen molar-refractivity contribution < 1.29 is 22.4 Å². The molecule has 7 nitrogen and oxygen atoms in total. The van der Waals surface area contributed by atoms with Gasteiger partial charge in [-0.2, -0.15) is 0 Å². The number of fused-ring (bicyclic) bond motifs is 1. The molecule has 0 atom stereocenters. The molecule has 0 aliphatic rings. The molecule has 38 heavy (non-hydrogen) atoms. The summed E-state index contributed by atoms with van der Waals surface area (Å²) in [7, 11) is -2.32. The second-order valence-electron chi connectivity index (χ2n) is 8.91. The number of hydrogen-bond donors (Lipinski definition) is 0. The molecular weight excluding hydrogens is 500 g/mol. The third kappa shape index (κ3) is 5.47. The number of carbonyl (C=O) groups excluding carboxylic acids is 1. The Morgan fingerprint density at radius 2 is 1.53 bits per heavy atom. The summed E-state index contributed by atoms with van der Waals surface area (Å²) in [4.78, 5) is 15.9. The fourth-order valence-electron chi connectivity index (χ4n) is 4.55. The van der Waals surface area contributed by atoms with Crippen LogP contribution in [0.25, 0.3) is 11.0 Å². The SMILES string of the molecule is CCc1oc2ccccc2c1C(=O)c1ccc(N(CCN(CC)CC)S(=O)(=O)c2ccc(OC)cc2)cc1. The topological polar surface area (TPSA) is 80.1 Å². The molecule has 3 aromatic carbocycles. The normalized spacial score (nSPS) is 11.7. The molecule has 0 unspecified atom stereocenters. The lowest BCUT2D eigenvalue weighted by Gasteiger charge is -2.28. The first-order valence-electron chi connectivity index (χ1n) is 12.9. The van der Waals surface area contributed by atoms with Crippen molar-refractivity contribution in [1.82, 2.24) is 4.90 Å². The van der Waals surface area contributed by atoms with Gasteiger partial charge in [0.15, 0.2) is 5.78 Å². The van der Waals surface area contributed by atoms with Crippen molar-refractivity contribution in [3.8, 4) is 5.75 Å². The molecule has 4 aromatic rings. The van der Waals surface area contributed by atoms with E-state index in [1.807, 2.05) is 31.2 Å². The highest BCUT2D eigenvalue weighted by atomic mass is 32.2. The molecule has 0 aliphatic carbocycles. The summed E-state index contributed by atoms with van der Waals surface area (Å²) in [5.74, 6) is 1.08. The van der Waals surface area contributed by atoms with E-state index in [2.05, 4.69) is 18.7 Å². The first-order chi connectivity index (χ1) is 18.3. The Morgan fingerprint density at radius 1 is 0.868 bits per heavy atom. The number of rotatable bonds is 12. The van der Waals surface area contributed by atoms with Crippen LogP contribution in [-0.4, -0.2) is 52.4 Å². The van der Waals surface area contributed by atoms with Gasteiger partial charge in [-0.1, -0.05) is 39.0 Å². The van der Waals surface area contributed by atoms with Crippen LogP contribution in [0.4, 0.5) is 5.69 Å². The number of ether oxygens (including phenoxy) is 1. The van der Waals surface area contributed by atoms with Crippen LogP contribution >= 0.6 is 0 Å². The number of carbonyl (C=O) groups is 1. The smallest absolute Gasteiger partial charge is 0.264 e. The number of benzene rings is 3. The van der Waals surface area contributed by atoms with Crippen molar-refractivity contribution in [3.05, 3.63) is 89.7 Å². The highest BCUT2D eigenvalue weighted by Gasteiger charge is 2.26. The Kier molecular flexibility index (Phi) is 8.54. The molecule has 0 fully saturated rings. The number of aryl methyl sites for hydroxylation is 1. The van der Waals surface area contributed by atoms with Gasteiger partial charge in [-0.25, -0.2) is 8.42 Å². The van der Waals surface area contributed by atoms with Gasteiger partial charge in [0.25, 0.3) is 10.0 Å². The van der Waals surface area contributed by atoms with Gasteiger partial charge in [-0.05, 0) is 67.7 Å². The molecule has 0 bridgehead atoms. The number of sulfonamides is 1. The maximum absolute atomic E-state index is 13.7. The Hall–Kier alpha value is -3.62. The Morgan fingerprint density at radius 3 is 2.13 bits per heavy atom. The van der Waals surface area contributed by atoms with Gasteiger partial charge in [0.2, 0.25) is 0 Å². The molecule has 1 aromatic heterocycles. The van der Waals surface area contributed by atoms with Gasteiger partial charge in [-0.15, -0.1) is 0 Å². The number of methoxy groups -OCH3 is 1. The maximum atomic E-state index is 13.7. The molecule has 0 N–H and O–H groups in total. The predicted molar refractivity (Wildman–Crippen MR) is 151 cm³/mol. The lowest BCUT2D eigenvalue weighted by atomic mass is 9.99. The predicted octanol–water partition coefficient (Wildman–Crippen LogP) is 5.77. The standard InChI is InChI=1S/C30H34N2O5S/c1-5-27-29(26-10-8-9-11-28(26)37-27)30(33)22-12-14-23(15-13-22)32(21-20-31(6-2)7-3)38(34,35)25-18-16-24(36-4)17-19-25/h8-19H,5-7,20-21H2,1-4H3. The third-order valence-corrected chi connectivity index (χ3v) is 8.64. The van der Waals surface area contributed by atoms with Gasteiger partial charge < -0.3 is 14.1 Å². The van der Waals surface area contributed by atoms with Crippen LogP contribution in [0.1, 0.15) is 42.5 Å². The monoisotopic (exact) mass is 534 g/mol. The Labute approximate surface area is 224 Å². The van der Waals surface area contributed by atoms with E-state index in [-0.39, 0.29) is 17.2 Å². The summed E-state index contributed by atoms with van der Waals surface area (Å²) >= 11 is 0. The van der Waals surface area contributed by atoms with Gasteiger partial charge in [0.1, 0.15) is 17.1 Å². The van der Waals surface area contributed by atoms with E-state index in [1.54, 1.807) is 55.6 Å². The highest BCUT2D eigenvalue weighted by Crippen LogP contribution is 2.30. The van der Waals surface area contributed by atoms with Gasteiger partial charge in [0.05, 0.1) is 23.3 Å². The summed E-state index contributed by atoms with van der Waals surface area (Å²) in [5.41, 5.74) is 2.20. The number of anilines is 1. The third-order valence-electron chi connectivity index (χ3n) is 6.80. The second kappa shape index (κ2) is 11.8. The summed E-state index contributed by atoms with van der Waals surface area (Å²) < 4.78 is 40.0. The summed E-state index contributed by atoms with van der Waals surface area (Å²) in [6.07, 6.45) is 0.590. The van der Waals surface area contributed by atoms with Crippen molar-refractivity contribution in [2.75, 3.05) is 37.6 Å². The first-order valence-corrected chi connectivity index (χ1v) is 14.3. The molecule has 0 saturated heterocycles. The Balaban J connectivity index is 1.69. The lowest BCUT2D eigenvalue weighted by molar-refractivity contribution is 0.103. The zero-order chi connectivity index (χ0) is 27.3. The molecule has 0 spiro atoms. The van der Waals surface area contributed by atoms with Crippen molar-refractivity contribution >= 4 is 32.5 Å². The largest absolute Gasteiger partial charge is 0.497 e. The molecule has 8 heteroatoms. The molecule has 200 valence electrons. The number of para-hydroxylation sites is 1. The number of furan rings is 1. The minimum Gasteiger partial charge on any atom is -0.497 e. The maximum Gasteiger partial charge on any atom is 0.264 e. The first kappa shape index (κ1) is 27.4. The number of ketones is 1. The average Bonchev–Trinajstić information content (AvgIpc) is 3.34. The number of likely N-dealkylation sites (N-methyl/N-ethyl adjacent to an activating group) is 1.